The predicted molar refractivity (Wildman–Crippen MR) is 79.2 cm³/mol. The number of nitrogens with one attached hydrogen (secondary N) is 3. The molecule has 0 aliphatic heterocycles. The number of anilines is 1. The minimum atomic E-state index is -0.669. The van der Waals surface area contributed by atoms with Gasteiger partial charge in [0, 0.05) is 10.7 Å². The van der Waals surface area contributed by atoms with Crippen molar-refractivity contribution >= 4 is 33.4 Å². The number of nitrogens with two attached hydrogens (primary N) is 1. The smallest absolute Gasteiger partial charge is 0.271 e. The van der Waals surface area contributed by atoms with E-state index >= 15 is 0 Å². The van der Waals surface area contributed by atoms with Gasteiger partial charge in [-0.05, 0) is 27.9 Å². The molecule has 2 amide bonds. The average molecular weight is 345 g/mol. The van der Waals surface area contributed by atoms with Gasteiger partial charge in [-0.1, -0.05) is 13.8 Å². The second-order valence-electron chi connectivity index (χ2n) is 4.60. The van der Waals surface area contributed by atoms with Crippen LogP contribution in [0.4, 0.5) is 5.69 Å². The van der Waals surface area contributed by atoms with Crippen LogP contribution < -0.4 is 21.9 Å². The topological polar surface area (TPSA) is 117 Å². The molecule has 0 aliphatic rings. The SMILES string of the molecule is CC(C)[C@H](N)C(=O)NCC(=O)Nc1cc(Br)c[nH]c1=O. The van der Waals surface area contributed by atoms with E-state index in [4.69, 9.17) is 5.73 Å². The number of rotatable bonds is 5. The average Bonchev–Trinajstić information content (AvgIpc) is 2.39. The Balaban J connectivity index is 2.54. The summed E-state index contributed by atoms with van der Waals surface area (Å²) in [7, 11) is 0. The lowest BCUT2D eigenvalue weighted by molar-refractivity contribution is -0.125. The lowest BCUT2D eigenvalue weighted by atomic mass is 10.1. The summed E-state index contributed by atoms with van der Waals surface area (Å²) in [4.78, 5) is 37.1. The van der Waals surface area contributed by atoms with E-state index in [1.165, 1.54) is 12.3 Å². The Morgan fingerprint density at radius 1 is 1.45 bits per heavy atom. The summed E-state index contributed by atoms with van der Waals surface area (Å²) in [6, 6.07) is 0.801. The molecule has 0 saturated heterocycles. The molecule has 1 aromatic rings. The van der Waals surface area contributed by atoms with Gasteiger partial charge < -0.3 is 21.4 Å². The van der Waals surface area contributed by atoms with Crippen LogP contribution in [0.3, 0.4) is 0 Å². The fraction of sp³-hybridized carbons (Fsp3) is 0.417. The van der Waals surface area contributed by atoms with Crippen molar-refractivity contribution in [1.29, 1.82) is 0 Å². The van der Waals surface area contributed by atoms with Gasteiger partial charge in [-0.3, -0.25) is 14.4 Å². The molecule has 0 radical (unpaired) electrons. The molecule has 1 atom stereocenters. The minimum Gasteiger partial charge on any atom is -0.346 e. The van der Waals surface area contributed by atoms with Crippen molar-refractivity contribution in [2.24, 2.45) is 11.7 Å². The third-order valence-corrected chi connectivity index (χ3v) is 3.04. The maximum Gasteiger partial charge on any atom is 0.271 e. The van der Waals surface area contributed by atoms with E-state index in [1.807, 2.05) is 13.8 Å². The molecule has 0 spiro atoms. The molecule has 0 fully saturated rings. The standard InChI is InChI=1S/C12H17BrN4O3/c1-6(2)10(14)12(20)16-5-9(18)17-8-3-7(13)4-15-11(8)19/h3-4,6,10H,5,14H2,1-2H3,(H,15,19)(H,16,20)(H,17,18)/t10-/m0/s1. The van der Waals surface area contributed by atoms with Gasteiger partial charge in [-0.2, -0.15) is 0 Å². The first-order chi connectivity index (χ1) is 9.31. The summed E-state index contributed by atoms with van der Waals surface area (Å²) >= 11 is 3.18. The van der Waals surface area contributed by atoms with Crippen LogP contribution in [0.25, 0.3) is 0 Å². The van der Waals surface area contributed by atoms with Crippen LogP contribution in [0.5, 0.6) is 0 Å². The van der Waals surface area contributed by atoms with Crippen molar-refractivity contribution in [3.05, 3.63) is 27.1 Å². The van der Waals surface area contributed by atoms with Crippen molar-refractivity contribution < 1.29 is 9.59 Å². The Bertz CT molecular complexity index is 556. The number of aromatic amines is 1. The van der Waals surface area contributed by atoms with Crippen molar-refractivity contribution in [3.63, 3.8) is 0 Å². The zero-order valence-corrected chi connectivity index (χ0v) is 12.8. The number of hydrogen-bond donors (Lipinski definition) is 4. The van der Waals surface area contributed by atoms with Gasteiger partial charge in [0.25, 0.3) is 5.56 Å². The van der Waals surface area contributed by atoms with E-state index in [2.05, 4.69) is 31.5 Å². The number of carbonyl (C=O) groups excluding carboxylic acids is 2. The molecule has 8 heteroatoms. The van der Waals surface area contributed by atoms with E-state index in [9.17, 15) is 14.4 Å². The summed E-state index contributed by atoms with van der Waals surface area (Å²) in [5, 5.41) is 4.82. The van der Waals surface area contributed by atoms with E-state index in [1.54, 1.807) is 0 Å². The van der Waals surface area contributed by atoms with E-state index in [0.717, 1.165) is 0 Å². The molecule has 110 valence electrons. The third kappa shape index (κ3) is 4.78. The predicted octanol–water partition coefficient (Wildman–Crippen LogP) is 0.175. The van der Waals surface area contributed by atoms with Gasteiger partial charge in [0.1, 0.15) is 5.69 Å². The highest BCUT2D eigenvalue weighted by Gasteiger charge is 2.17. The molecule has 1 heterocycles. The quantitative estimate of drug-likeness (QED) is 0.609. The maximum atomic E-state index is 11.6. The van der Waals surface area contributed by atoms with Crippen LogP contribution in [0.15, 0.2) is 21.5 Å². The van der Waals surface area contributed by atoms with Crippen LogP contribution in [-0.2, 0) is 9.59 Å². The van der Waals surface area contributed by atoms with E-state index in [0.29, 0.717) is 4.47 Å². The number of aromatic nitrogens is 1. The normalized spacial score (nSPS) is 12.1. The Hall–Kier alpha value is -1.67. The zero-order valence-electron chi connectivity index (χ0n) is 11.2. The van der Waals surface area contributed by atoms with Crippen molar-refractivity contribution in [2.75, 3.05) is 11.9 Å². The largest absolute Gasteiger partial charge is 0.346 e. The van der Waals surface area contributed by atoms with Crippen LogP contribution in [0, 0.1) is 5.92 Å². The molecule has 0 unspecified atom stereocenters. The highest BCUT2D eigenvalue weighted by atomic mass is 79.9. The van der Waals surface area contributed by atoms with Crippen LogP contribution in [0.1, 0.15) is 13.8 Å². The van der Waals surface area contributed by atoms with E-state index in [-0.39, 0.29) is 18.2 Å². The van der Waals surface area contributed by atoms with Crippen LogP contribution in [0.2, 0.25) is 0 Å². The van der Waals surface area contributed by atoms with Crippen molar-refractivity contribution in [1.82, 2.24) is 10.3 Å². The lowest BCUT2D eigenvalue weighted by Gasteiger charge is -2.15. The van der Waals surface area contributed by atoms with Crippen LogP contribution in [-0.4, -0.2) is 29.4 Å². The molecule has 0 bridgehead atoms. The second-order valence-corrected chi connectivity index (χ2v) is 5.51. The molecule has 1 rings (SSSR count). The zero-order chi connectivity index (χ0) is 15.3. The molecule has 1 aromatic heterocycles. The number of halogens is 1. The Morgan fingerprint density at radius 2 is 2.10 bits per heavy atom. The Morgan fingerprint density at radius 3 is 2.70 bits per heavy atom. The van der Waals surface area contributed by atoms with E-state index < -0.39 is 23.4 Å². The van der Waals surface area contributed by atoms with Gasteiger partial charge >= 0.3 is 0 Å². The highest BCUT2D eigenvalue weighted by molar-refractivity contribution is 9.10. The first-order valence-corrected chi connectivity index (χ1v) is 6.82. The fourth-order valence-corrected chi connectivity index (χ4v) is 1.68. The van der Waals surface area contributed by atoms with Crippen molar-refractivity contribution in [3.8, 4) is 0 Å². The summed E-state index contributed by atoms with van der Waals surface area (Å²) in [6.07, 6.45) is 1.46. The Labute approximate surface area is 124 Å². The Kier molecular flexibility index (Phi) is 5.90. The molecule has 20 heavy (non-hydrogen) atoms. The molecule has 0 aromatic carbocycles. The third-order valence-electron chi connectivity index (χ3n) is 2.59. The summed E-state index contributed by atoms with van der Waals surface area (Å²) < 4.78 is 0.623. The number of carbonyl (C=O) groups is 2. The van der Waals surface area contributed by atoms with Crippen LogP contribution >= 0.6 is 15.9 Å². The molecule has 5 N–H and O–H groups in total. The lowest BCUT2D eigenvalue weighted by Crippen LogP contribution is -2.46. The molecule has 7 nitrogen and oxygen atoms in total. The van der Waals surface area contributed by atoms with Gasteiger partial charge in [0.05, 0.1) is 12.6 Å². The number of H-pyrrole nitrogens is 1. The first-order valence-electron chi connectivity index (χ1n) is 6.02. The number of amides is 2. The molecule has 0 aliphatic carbocycles. The minimum absolute atomic E-state index is 0.0222. The molecular weight excluding hydrogens is 328 g/mol. The van der Waals surface area contributed by atoms with Crippen molar-refractivity contribution in [2.45, 2.75) is 19.9 Å². The summed E-state index contributed by atoms with van der Waals surface area (Å²) in [5.74, 6) is -0.929. The molecule has 0 saturated carbocycles. The van der Waals surface area contributed by atoms with Gasteiger partial charge in [-0.15, -0.1) is 0 Å². The maximum absolute atomic E-state index is 11.6. The second kappa shape index (κ2) is 7.20. The summed E-state index contributed by atoms with van der Waals surface area (Å²) in [6.45, 7) is 3.38. The van der Waals surface area contributed by atoms with Gasteiger partial charge in [-0.25, -0.2) is 0 Å². The molecular formula is C12H17BrN4O3. The summed E-state index contributed by atoms with van der Waals surface area (Å²) in [5.41, 5.74) is 5.32. The fourth-order valence-electron chi connectivity index (χ4n) is 1.33. The number of hydrogen-bond acceptors (Lipinski definition) is 4. The number of pyridine rings is 1. The van der Waals surface area contributed by atoms with Gasteiger partial charge in [0.15, 0.2) is 0 Å². The monoisotopic (exact) mass is 344 g/mol. The first kappa shape index (κ1) is 16.4. The van der Waals surface area contributed by atoms with Gasteiger partial charge in [0.2, 0.25) is 11.8 Å². The highest BCUT2D eigenvalue weighted by Crippen LogP contribution is 2.09.